The first-order chi connectivity index (χ1) is 11.1. The number of fused-ring (bicyclic) bond motifs is 1. The number of esters is 1. The fraction of sp³-hybridized carbons (Fsp3) is 0.529. The van der Waals surface area contributed by atoms with Crippen molar-refractivity contribution in [1.29, 1.82) is 0 Å². The number of benzene rings is 1. The van der Waals surface area contributed by atoms with E-state index in [1.165, 1.54) is 0 Å². The Hall–Kier alpha value is -2.12. The molecule has 1 aliphatic heterocycles. The number of ketones is 1. The lowest BCUT2D eigenvalue weighted by atomic mass is 9.90. The van der Waals surface area contributed by atoms with E-state index in [-0.39, 0.29) is 12.6 Å². The minimum Gasteiger partial charge on any atom is -0.482 e. The van der Waals surface area contributed by atoms with Gasteiger partial charge in [-0.25, -0.2) is 4.79 Å². The summed E-state index contributed by atoms with van der Waals surface area (Å²) in [5, 5.41) is 12.6. The van der Waals surface area contributed by atoms with Crippen LogP contribution in [0.4, 0.5) is 5.69 Å². The quantitative estimate of drug-likeness (QED) is 0.546. The Morgan fingerprint density at radius 2 is 2.04 bits per heavy atom. The van der Waals surface area contributed by atoms with Crippen molar-refractivity contribution in [2.75, 3.05) is 11.9 Å². The average Bonchev–Trinajstić information content (AvgIpc) is 2.78. The van der Waals surface area contributed by atoms with Crippen molar-refractivity contribution in [3.63, 3.8) is 0 Å². The molecule has 1 aliphatic rings. The molecule has 0 aromatic heterocycles. The maximum atomic E-state index is 12.2. The largest absolute Gasteiger partial charge is 0.482 e. The number of rotatable bonds is 5. The number of carbonyl (C=O) groups excluding carboxylic acids is 2. The number of anilines is 1. The third-order valence-corrected chi connectivity index (χ3v) is 3.62. The Morgan fingerprint density at radius 3 is 2.62 bits per heavy atom. The van der Waals surface area contributed by atoms with Gasteiger partial charge in [0.25, 0.3) is 0 Å². The molecule has 0 spiro atoms. The predicted molar refractivity (Wildman–Crippen MR) is 88.8 cm³/mol. The molecular weight excluding hydrogens is 312 g/mol. The average molecular weight is 336 g/mol. The molecule has 0 amide bonds. The first kappa shape index (κ1) is 18.2. The van der Waals surface area contributed by atoms with Gasteiger partial charge in [0.15, 0.2) is 18.6 Å². The molecule has 3 atom stereocenters. The normalized spacial score (nSPS) is 20.8. The van der Waals surface area contributed by atoms with Gasteiger partial charge in [-0.3, -0.25) is 10.5 Å². The number of Topliss-reactive ketones (excluding diaryl/α,β-unsaturated/α-hetero) is 1. The van der Waals surface area contributed by atoms with Crippen LogP contribution in [0.5, 0.6) is 5.75 Å². The Kier molecular flexibility index (Phi) is 5.15. The van der Waals surface area contributed by atoms with Crippen LogP contribution in [0.1, 0.15) is 39.2 Å². The molecule has 7 nitrogen and oxygen atoms in total. The van der Waals surface area contributed by atoms with E-state index in [1.54, 1.807) is 32.9 Å². The van der Waals surface area contributed by atoms with Crippen LogP contribution in [0.2, 0.25) is 0 Å². The van der Waals surface area contributed by atoms with E-state index in [1.807, 2.05) is 13.0 Å². The van der Waals surface area contributed by atoms with Gasteiger partial charge >= 0.3 is 5.97 Å². The Bertz CT molecular complexity index is 636. The summed E-state index contributed by atoms with van der Waals surface area (Å²) in [5.74, 6) is -1.24. The van der Waals surface area contributed by atoms with E-state index in [0.717, 1.165) is 5.69 Å². The molecule has 0 aliphatic carbocycles. The molecule has 24 heavy (non-hydrogen) atoms. The second kappa shape index (κ2) is 6.78. The number of nitrogens with two attached hydrogens (primary N) is 1. The summed E-state index contributed by atoms with van der Waals surface area (Å²) in [6, 6.07) is 5.00. The highest BCUT2D eigenvalue weighted by Crippen LogP contribution is 2.42. The van der Waals surface area contributed by atoms with Crippen molar-refractivity contribution in [2.24, 2.45) is 5.73 Å². The second-order valence-electron chi connectivity index (χ2n) is 6.85. The number of nitrogens with one attached hydrogen (secondary N) is 1. The van der Waals surface area contributed by atoms with Crippen molar-refractivity contribution in [3.8, 4) is 5.75 Å². The van der Waals surface area contributed by atoms with Crippen LogP contribution in [0, 0.1) is 0 Å². The summed E-state index contributed by atoms with van der Waals surface area (Å²) in [6.45, 7) is 6.87. The highest BCUT2D eigenvalue weighted by atomic mass is 16.6. The molecule has 1 aromatic carbocycles. The molecular formula is C17H24N2O5. The first-order valence-electron chi connectivity index (χ1n) is 7.81. The SMILES string of the molecule is CC1Nc2cccc(OCC(=O)OC(C)(C)C)c2C1C(=O)C(N)O. The summed E-state index contributed by atoms with van der Waals surface area (Å²) in [4.78, 5) is 24.1. The van der Waals surface area contributed by atoms with Crippen molar-refractivity contribution < 1.29 is 24.2 Å². The van der Waals surface area contributed by atoms with Gasteiger partial charge in [-0.05, 0) is 39.8 Å². The monoisotopic (exact) mass is 336 g/mol. The van der Waals surface area contributed by atoms with Gasteiger partial charge < -0.3 is 19.9 Å². The highest BCUT2D eigenvalue weighted by Gasteiger charge is 2.39. The fourth-order valence-electron chi connectivity index (χ4n) is 2.78. The maximum Gasteiger partial charge on any atom is 0.344 e. The van der Waals surface area contributed by atoms with Gasteiger partial charge in [0.05, 0.1) is 5.92 Å². The van der Waals surface area contributed by atoms with Crippen LogP contribution in [0.3, 0.4) is 0 Å². The number of aliphatic hydroxyl groups is 1. The van der Waals surface area contributed by atoms with Crippen LogP contribution < -0.4 is 15.8 Å². The van der Waals surface area contributed by atoms with Gasteiger partial charge in [-0.1, -0.05) is 6.07 Å². The lowest BCUT2D eigenvalue weighted by Gasteiger charge is -2.21. The molecule has 2 rings (SSSR count). The van der Waals surface area contributed by atoms with Gasteiger partial charge in [-0.2, -0.15) is 0 Å². The number of hydrogen-bond acceptors (Lipinski definition) is 7. The summed E-state index contributed by atoms with van der Waals surface area (Å²) < 4.78 is 10.8. The minimum atomic E-state index is -1.57. The number of hydrogen-bond donors (Lipinski definition) is 3. The third-order valence-electron chi connectivity index (χ3n) is 3.62. The van der Waals surface area contributed by atoms with Crippen molar-refractivity contribution in [3.05, 3.63) is 23.8 Å². The fourth-order valence-corrected chi connectivity index (χ4v) is 2.78. The zero-order chi connectivity index (χ0) is 18.1. The molecule has 1 heterocycles. The van der Waals surface area contributed by atoms with Crippen LogP contribution in [-0.4, -0.2) is 41.3 Å². The zero-order valence-corrected chi connectivity index (χ0v) is 14.3. The molecule has 1 aromatic rings. The molecule has 0 bridgehead atoms. The molecule has 132 valence electrons. The Morgan fingerprint density at radius 1 is 1.38 bits per heavy atom. The van der Waals surface area contributed by atoms with E-state index < -0.39 is 29.5 Å². The maximum absolute atomic E-state index is 12.2. The molecule has 0 radical (unpaired) electrons. The molecule has 0 fully saturated rings. The molecule has 3 unspecified atom stereocenters. The van der Waals surface area contributed by atoms with Gasteiger partial charge in [-0.15, -0.1) is 0 Å². The van der Waals surface area contributed by atoms with Gasteiger partial charge in [0, 0.05) is 17.3 Å². The summed E-state index contributed by atoms with van der Waals surface area (Å²) in [6.07, 6.45) is -1.57. The van der Waals surface area contributed by atoms with E-state index in [0.29, 0.717) is 11.3 Å². The lowest BCUT2D eigenvalue weighted by molar-refractivity contribution is -0.157. The van der Waals surface area contributed by atoms with E-state index in [9.17, 15) is 14.7 Å². The summed E-state index contributed by atoms with van der Waals surface area (Å²) in [7, 11) is 0. The van der Waals surface area contributed by atoms with Gasteiger partial charge in [0.2, 0.25) is 0 Å². The smallest absolute Gasteiger partial charge is 0.344 e. The molecule has 4 N–H and O–H groups in total. The first-order valence-corrected chi connectivity index (χ1v) is 7.81. The second-order valence-corrected chi connectivity index (χ2v) is 6.85. The summed E-state index contributed by atoms with van der Waals surface area (Å²) >= 11 is 0. The van der Waals surface area contributed by atoms with Crippen LogP contribution in [0.25, 0.3) is 0 Å². The summed E-state index contributed by atoms with van der Waals surface area (Å²) in [5.41, 5.74) is 6.07. The Balaban J connectivity index is 2.21. The topological polar surface area (TPSA) is 111 Å². The van der Waals surface area contributed by atoms with Crippen LogP contribution >= 0.6 is 0 Å². The van der Waals surface area contributed by atoms with E-state index >= 15 is 0 Å². The highest BCUT2D eigenvalue weighted by molar-refractivity contribution is 5.94. The molecule has 7 heteroatoms. The van der Waals surface area contributed by atoms with Crippen LogP contribution in [-0.2, 0) is 14.3 Å². The predicted octanol–water partition coefficient (Wildman–Crippen LogP) is 1.15. The lowest BCUT2D eigenvalue weighted by Crippen LogP contribution is -2.37. The standard InChI is InChI=1S/C17H24N2O5/c1-9-13(15(21)16(18)22)14-10(19-9)6-5-7-11(14)23-8-12(20)24-17(2,3)4/h5-7,9,13,16,19,22H,8,18H2,1-4H3. The van der Waals surface area contributed by atoms with Crippen molar-refractivity contribution in [1.82, 2.24) is 0 Å². The molecule has 0 saturated heterocycles. The number of carbonyl (C=O) groups is 2. The number of aliphatic hydroxyl groups excluding tert-OH is 1. The molecule has 0 saturated carbocycles. The van der Waals surface area contributed by atoms with Crippen LogP contribution in [0.15, 0.2) is 18.2 Å². The van der Waals surface area contributed by atoms with E-state index in [4.69, 9.17) is 15.2 Å². The van der Waals surface area contributed by atoms with Crippen molar-refractivity contribution >= 4 is 17.4 Å². The van der Waals surface area contributed by atoms with Gasteiger partial charge in [0.1, 0.15) is 11.4 Å². The Labute approximate surface area is 141 Å². The number of ether oxygens (including phenoxy) is 2. The van der Waals surface area contributed by atoms with Crippen molar-refractivity contribution in [2.45, 2.75) is 51.5 Å². The zero-order valence-electron chi connectivity index (χ0n) is 14.3. The third kappa shape index (κ3) is 4.04. The minimum absolute atomic E-state index is 0.239. The van der Waals surface area contributed by atoms with E-state index in [2.05, 4.69) is 5.32 Å².